The van der Waals surface area contributed by atoms with Gasteiger partial charge in [-0.2, -0.15) is 0 Å². The molecule has 0 aliphatic rings. The first-order valence-electron chi connectivity index (χ1n) is 6.85. The molecular formula is C15H24N2O3. The van der Waals surface area contributed by atoms with E-state index in [1.807, 2.05) is 26.8 Å². The zero-order chi connectivity index (χ0) is 15.1. The molecule has 20 heavy (non-hydrogen) atoms. The fraction of sp³-hybridized carbons (Fsp3) is 0.533. The van der Waals surface area contributed by atoms with Gasteiger partial charge in [0, 0.05) is 24.3 Å². The summed E-state index contributed by atoms with van der Waals surface area (Å²) in [5, 5.41) is 24.0. The number of benzene rings is 1. The Balaban J connectivity index is 2.72. The molecule has 0 heterocycles. The average molecular weight is 280 g/mol. The van der Waals surface area contributed by atoms with E-state index >= 15 is 0 Å². The van der Waals surface area contributed by atoms with E-state index in [-0.39, 0.29) is 19.1 Å². The van der Waals surface area contributed by atoms with E-state index in [1.165, 1.54) is 0 Å². The minimum atomic E-state index is -0.812. The third-order valence-corrected chi connectivity index (χ3v) is 2.91. The van der Waals surface area contributed by atoms with E-state index in [4.69, 9.17) is 5.11 Å². The molecule has 5 heteroatoms. The van der Waals surface area contributed by atoms with E-state index in [2.05, 4.69) is 10.6 Å². The van der Waals surface area contributed by atoms with E-state index in [9.17, 15) is 9.90 Å². The third-order valence-electron chi connectivity index (χ3n) is 2.91. The Labute approximate surface area is 120 Å². The number of hydrogen-bond acceptors (Lipinski definition) is 4. The van der Waals surface area contributed by atoms with Crippen molar-refractivity contribution >= 4 is 11.6 Å². The molecule has 1 rings (SSSR count). The van der Waals surface area contributed by atoms with Crippen molar-refractivity contribution in [3.63, 3.8) is 0 Å². The van der Waals surface area contributed by atoms with Crippen LogP contribution in [0.5, 0.6) is 0 Å². The Morgan fingerprint density at radius 3 is 2.60 bits per heavy atom. The van der Waals surface area contributed by atoms with Gasteiger partial charge in [0.25, 0.3) is 5.91 Å². The minimum Gasteiger partial charge on any atom is -0.394 e. The van der Waals surface area contributed by atoms with Crippen LogP contribution in [0.1, 0.15) is 29.8 Å². The molecule has 0 fully saturated rings. The van der Waals surface area contributed by atoms with Crippen molar-refractivity contribution in [1.29, 1.82) is 0 Å². The van der Waals surface area contributed by atoms with Crippen LogP contribution >= 0.6 is 0 Å². The molecule has 0 saturated carbocycles. The number of nitrogens with one attached hydrogen (secondary N) is 2. The second-order valence-corrected chi connectivity index (χ2v) is 5.35. The van der Waals surface area contributed by atoms with Gasteiger partial charge in [-0.15, -0.1) is 0 Å². The van der Waals surface area contributed by atoms with Gasteiger partial charge >= 0.3 is 0 Å². The van der Waals surface area contributed by atoms with E-state index in [0.29, 0.717) is 18.0 Å². The van der Waals surface area contributed by atoms with Gasteiger partial charge in [-0.3, -0.25) is 4.79 Å². The predicted molar refractivity (Wildman–Crippen MR) is 79.9 cm³/mol. The van der Waals surface area contributed by atoms with Gasteiger partial charge in [-0.05, 0) is 30.5 Å². The minimum absolute atomic E-state index is 0.107. The molecule has 0 radical (unpaired) electrons. The normalized spacial score (nSPS) is 12.3. The van der Waals surface area contributed by atoms with Crippen molar-refractivity contribution in [2.75, 3.05) is 25.0 Å². The summed E-state index contributed by atoms with van der Waals surface area (Å²) in [5.74, 6) is 0.297. The molecule has 112 valence electrons. The van der Waals surface area contributed by atoms with Crippen LogP contribution in [0, 0.1) is 12.8 Å². The molecule has 1 aromatic rings. The number of carbonyl (C=O) groups excluding carboxylic acids is 1. The fourth-order valence-electron chi connectivity index (χ4n) is 1.64. The Bertz CT molecular complexity index is 447. The van der Waals surface area contributed by atoms with Crippen molar-refractivity contribution < 1.29 is 15.0 Å². The van der Waals surface area contributed by atoms with Crippen molar-refractivity contribution in [3.05, 3.63) is 29.3 Å². The topological polar surface area (TPSA) is 81.6 Å². The first kappa shape index (κ1) is 16.5. The zero-order valence-electron chi connectivity index (χ0n) is 12.3. The highest BCUT2D eigenvalue weighted by Gasteiger charge is 2.09. The second-order valence-electron chi connectivity index (χ2n) is 5.35. The summed E-state index contributed by atoms with van der Waals surface area (Å²) in [4.78, 5) is 12.0. The van der Waals surface area contributed by atoms with Crippen LogP contribution in [0.25, 0.3) is 0 Å². The molecule has 0 aromatic heterocycles. The monoisotopic (exact) mass is 280 g/mol. The molecule has 0 spiro atoms. The summed E-state index contributed by atoms with van der Waals surface area (Å²) in [7, 11) is 0. The summed E-state index contributed by atoms with van der Waals surface area (Å²) in [6.45, 7) is 6.59. The van der Waals surface area contributed by atoms with Crippen LogP contribution in [0.4, 0.5) is 5.69 Å². The quantitative estimate of drug-likeness (QED) is 0.604. The average Bonchev–Trinajstić information content (AvgIpc) is 2.43. The van der Waals surface area contributed by atoms with Gasteiger partial charge in [0.15, 0.2) is 0 Å². The predicted octanol–water partition coefficient (Wildman–Crippen LogP) is 1.15. The number of amides is 1. The smallest absolute Gasteiger partial charge is 0.251 e. The van der Waals surface area contributed by atoms with Gasteiger partial charge < -0.3 is 20.8 Å². The van der Waals surface area contributed by atoms with E-state index < -0.39 is 6.10 Å². The Hall–Kier alpha value is -1.59. The number of anilines is 1. The number of aliphatic hydroxyl groups excluding tert-OH is 2. The third kappa shape index (κ3) is 5.19. The summed E-state index contributed by atoms with van der Waals surface area (Å²) < 4.78 is 0. The molecule has 0 aliphatic heterocycles. The Morgan fingerprint density at radius 1 is 1.30 bits per heavy atom. The molecule has 1 unspecified atom stereocenters. The number of aryl methyl sites for hydroxylation is 1. The maximum absolute atomic E-state index is 12.0. The van der Waals surface area contributed by atoms with Crippen LogP contribution in [-0.2, 0) is 0 Å². The summed E-state index contributed by atoms with van der Waals surface area (Å²) >= 11 is 0. The first-order chi connectivity index (χ1) is 9.43. The molecule has 1 atom stereocenters. The van der Waals surface area contributed by atoms with E-state index in [1.54, 1.807) is 12.1 Å². The van der Waals surface area contributed by atoms with Crippen LogP contribution in [0.15, 0.2) is 18.2 Å². The standard InChI is InChI=1S/C15H24N2O3/c1-10(2)7-17-15(20)12-5-4-11(3)14(6-12)16-8-13(19)9-18/h4-6,10,13,16,18-19H,7-9H2,1-3H3,(H,17,20). The summed E-state index contributed by atoms with van der Waals surface area (Å²) in [6, 6.07) is 5.39. The molecular weight excluding hydrogens is 256 g/mol. The maximum atomic E-state index is 12.0. The van der Waals surface area contributed by atoms with Crippen LogP contribution in [0.2, 0.25) is 0 Å². The number of aliphatic hydroxyl groups is 2. The fourth-order valence-corrected chi connectivity index (χ4v) is 1.64. The van der Waals surface area contributed by atoms with Crippen molar-refractivity contribution in [1.82, 2.24) is 5.32 Å². The number of carbonyl (C=O) groups is 1. The van der Waals surface area contributed by atoms with Crippen LogP contribution in [0.3, 0.4) is 0 Å². The Kier molecular flexibility index (Phi) is 6.48. The molecule has 0 saturated heterocycles. The zero-order valence-corrected chi connectivity index (χ0v) is 12.3. The molecule has 1 aromatic carbocycles. The lowest BCUT2D eigenvalue weighted by Gasteiger charge is -2.14. The molecule has 0 bridgehead atoms. The highest BCUT2D eigenvalue weighted by Crippen LogP contribution is 2.17. The molecule has 0 aliphatic carbocycles. The van der Waals surface area contributed by atoms with Crippen LogP contribution < -0.4 is 10.6 Å². The first-order valence-corrected chi connectivity index (χ1v) is 6.85. The van der Waals surface area contributed by atoms with Crippen molar-refractivity contribution in [3.8, 4) is 0 Å². The molecule has 4 N–H and O–H groups in total. The highest BCUT2D eigenvalue weighted by molar-refractivity contribution is 5.95. The Morgan fingerprint density at radius 2 is 2.00 bits per heavy atom. The van der Waals surface area contributed by atoms with E-state index in [0.717, 1.165) is 11.3 Å². The summed E-state index contributed by atoms with van der Waals surface area (Å²) in [6.07, 6.45) is -0.812. The lowest BCUT2D eigenvalue weighted by molar-refractivity contribution is 0.0949. The molecule has 1 amide bonds. The van der Waals surface area contributed by atoms with Gasteiger partial charge in [-0.25, -0.2) is 0 Å². The van der Waals surface area contributed by atoms with Crippen molar-refractivity contribution in [2.24, 2.45) is 5.92 Å². The van der Waals surface area contributed by atoms with Crippen molar-refractivity contribution in [2.45, 2.75) is 26.9 Å². The summed E-state index contributed by atoms with van der Waals surface area (Å²) in [5.41, 5.74) is 2.35. The van der Waals surface area contributed by atoms with Gasteiger partial charge in [0.1, 0.15) is 0 Å². The van der Waals surface area contributed by atoms with Crippen LogP contribution in [-0.4, -0.2) is 41.9 Å². The molecule has 5 nitrogen and oxygen atoms in total. The lowest BCUT2D eigenvalue weighted by atomic mass is 10.1. The SMILES string of the molecule is Cc1ccc(C(=O)NCC(C)C)cc1NCC(O)CO. The number of rotatable bonds is 7. The highest BCUT2D eigenvalue weighted by atomic mass is 16.3. The number of hydrogen-bond donors (Lipinski definition) is 4. The van der Waals surface area contributed by atoms with Gasteiger partial charge in [-0.1, -0.05) is 19.9 Å². The lowest BCUT2D eigenvalue weighted by Crippen LogP contribution is -2.27. The maximum Gasteiger partial charge on any atom is 0.251 e. The largest absolute Gasteiger partial charge is 0.394 e. The van der Waals surface area contributed by atoms with Gasteiger partial charge in [0.05, 0.1) is 12.7 Å². The van der Waals surface area contributed by atoms with Gasteiger partial charge in [0.2, 0.25) is 0 Å². The second kappa shape index (κ2) is 7.87.